The van der Waals surface area contributed by atoms with Crippen LogP contribution in [0.3, 0.4) is 0 Å². The summed E-state index contributed by atoms with van der Waals surface area (Å²) in [4.78, 5) is 22.0. The van der Waals surface area contributed by atoms with Crippen molar-refractivity contribution in [3.63, 3.8) is 0 Å². The maximum Gasteiger partial charge on any atom is 0.348 e. The fourth-order valence-electron chi connectivity index (χ4n) is 0.616. The molecule has 0 unspecified atom stereocenters. The zero-order valence-corrected chi connectivity index (χ0v) is 7.83. The first-order valence-corrected chi connectivity index (χ1v) is 3.65. The summed E-state index contributed by atoms with van der Waals surface area (Å²) in [7, 11) is 2.49. The molecular formula is C8H12O5. The van der Waals surface area contributed by atoms with Crippen LogP contribution in [0.15, 0.2) is 11.8 Å². The number of carbonyl (C=O) groups excluding carboxylic acids is 2. The number of carbonyl (C=O) groups is 2. The van der Waals surface area contributed by atoms with E-state index >= 15 is 0 Å². The van der Waals surface area contributed by atoms with Gasteiger partial charge in [-0.2, -0.15) is 0 Å². The molecule has 5 nitrogen and oxygen atoms in total. The Bertz CT molecular complexity index is 219. The Balaban J connectivity index is 4.52. The highest BCUT2D eigenvalue weighted by Gasteiger charge is 2.20. The van der Waals surface area contributed by atoms with Crippen LogP contribution in [0.2, 0.25) is 0 Å². The van der Waals surface area contributed by atoms with Crippen LogP contribution in [0.5, 0.6) is 0 Å². The van der Waals surface area contributed by atoms with E-state index in [4.69, 9.17) is 0 Å². The van der Waals surface area contributed by atoms with Gasteiger partial charge < -0.3 is 14.2 Å². The van der Waals surface area contributed by atoms with Gasteiger partial charge in [-0.25, -0.2) is 9.59 Å². The fraction of sp³-hybridized carbons (Fsp3) is 0.500. The molecular weight excluding hydrogens is 176 g/mol. The monoisotopic (exact) mass is 188 g/mol. The van der Waals surface area contributed by atoms with E-state index in [9.17, 15) is 9.59 Å². The molecule has 0 N–H and O–H groups in total. The Kier molecular flexibility index (Phi) is 5.34. The van der Waals surface area contributed by atoms with Crippen LogP contribution in [0.25, 0.3) is 0 Å². The van der Waals surface area contributed by atoms with Gasteiger partial charge >= 0.3 is 11.9 Å². The van der Waals surface area contributed by atoms with Gasteiger partial charge in [0, 0.05) is 0 Å². The Morgan fingerprint density at radius 3 is 2.23 bits per heavy atom. The van der Waals surface area contributed by atoms with Gasteiger partial charge in [-0.1, -0.05) is 0 Å². The van der Waals surface area contributed by atoms with Crippen LogP contribution in [0.1, 0.15) is 6.92 Å². The lowest BCUT2D eigenvalue weighted by atomic mass is 10.3. The van der Waals surface area contributed by atoms with Gasteiger partial charge in [0.1, 0.15) is 6.26 Å². The number of ether oxygens (including phenoxy) is 3. The highest BCUT2D eigenvalue weighted by atomic mass is 16.5. The zero-order valence-electron chi connectivity index (χ0n) is 7.83. The Labute approximate surface area is 76.3 Å². The van der Waals surface area contributed by atoms with Gasteiger partial charge in [0.2, 0.25) is 0 Å². The quantitative estimate of drug-likeness (QED) is 0.208. The van der Waals surface area contributed by atoms with Crippen LogP contribution >= 0.6 is 0 Å². The van der Waals surface area contributed by atoms with Gasteiger partial charge in [-0.3, -0.25) is 0 Å². The Morgan fingerprint density at radius 1 is 1.23 bits per heavy atom. The second-order valence-electron chi connectivity index (χ2n) is 1.98. The van der Waals surface area contributed by atoms with Crippen LogP contribution < -0.4 is 0 Å². The first-order valence-electron chi connectivity index (χ1n) is 3.65. The largest absolute Gasteiger partial charge is 0.503 e. The van der Waals surface area contributed by atoms with Crippen LogP contribution in [-0.2, 0) is 23.8 Å². The first kappa shape index (κ1) is 11.5. The molecule has 0 aromatic heterocycles. The predicted molar refractivity (Wildman–Crippen MR) is 43.7 cm³/mol. The topological polar surface area (TPSA) is 61.8 Å². The number of hydrogen-bond donors (Lipinski definition) is 0. The van der Waals surface area contributed by atoms with Crippen molar-refractivity contribution >= 4 is 11.9 Å². The molecule has 5 heteroatoms. The van der Waals surface area contributed by atoms with Crippen molar-refractivity contribution < 1.29 is 23.8 Å². The van der Waals surface area contributed by atoms with Gasteiger partial charge in [-0.15, -0.1) is 0 Å². The molecule has 0 bridgehead atoms. The fourth-order valence-corrected chi connectivity index (χ4v) is 0.616. The molecule has 0 aliphatic heterocycles. The molecule has 0 aliphatic rings. The normalized spacial score (nSPS) is 10.5. The summed E-state index contributed by atoms with van der Waals surface area (Å²) in [6, 6.07) is 0. The minimum absolute atomic E-state index is 0.191. The van der Waals surface area contributed by atoms with E-state index < -0.39 is 11.9 Å². The standard InChI is InChI=1S/C8H12O5/c1-4-13-8(10)6(5-11-2)7(9)12-3/h5H,4H2,1-3H3/b6-5+. The Morgan fingerprint density at radius 2 is 1.85 bits per heavy atom. The van der Waals surface area contributed by atoms with Crippen molar-refractivity contribution in [2.45, 2.75) is 6.92 Å². The maximum absolute atomic E-state index is 11.1. The van der Waals surface area contributed by atoms with Crippen LogP contribution in [0.4, 0.5) is 0 Å². The van der Waals surface area contributed by atoms with E-state index in [0.717, 1.165) is 6.26 Å². The van der Waals surface area contributed by atoms with Gasteiger partial charge in [-0.05, 0) is 6.92 Å². The molecule has 0 fully saturated rings. The Hall–Kier alpha value is -1.52. The number of esters is 2. The third-order valence-electron chi connectivity index (χ3n) is 1.14. The van der Waals surface area contributed by atoms with E-state index in [1.54, 1.807) is 6.92 Å². The molecule has 0 spiro atoms. The predicted octanol–water partition coefficient (Wildman–Crippen LogP) is 0.253. The van der Waals surface area contributed by atoms with Crippen molar-refractivity contribution in [1.29, 1.82) is 0 Å². The summed E-state index contributed by atoms with van der Waals surface area (Å²) < 4.78 is 13.5. The number of rotatable bonds is 4. The molecule has 0 aliphatic carbocycles. The summed E-state index contributed by atoms with van der Waals surface area (Å²) in [6.07, 6.45) is 0.990. The minimum atomic E-state index is -0.778. The van der Waals surface area contributed by atoms with Gasteiger partial charge in [0.15, 0.2) is 5.57 Å². The van der Waals surface area contributed by atoms with E-state index in [0.29, 0.717) is 0 Å². The molecule has 13 heavy (non-hydrogen) atoms. The maximum atomic E-state index is 11.1. The lowest BCUT2D eigenvalue weighted by molar-refractivity contribution is -0.145. The molecule has 0 aromatic rings. The molecule has 0 saturated carbocycles. The van der Waals surface area contributed by atoms with Crippen molar-refractivity contribution in [2.75, 3.05) is 20.8 Å². The first-order chi connectivity index (χ1) is 6.17. The summed E-state index contributed by atoms with van der Waals surface area (Å²) in [5.74, 6) is -1.53. The lowest BCUT2D eigenvalue weighted by Crippen LogP contribution is -2.17. The third kappa shape index (κ3) is 3.59. The zero-order chi connectivity index (χ0) is 10.3. The smallest absolute Gasteiger partial charge is 0.348 e. The summed E-state index contributed by atoms with van der Waals surface area (Å²) in [6.45, 7) is 1.83. The summed E-state index contributed by atoms with van der Waals surface area (Å²) >= 11 is 0. The molecule has 0 radical (unpaired) electrons. The molecule has 0 saturated heterocycles. The van der Waals surface area contributed by atoms with Crippen molar-refractivity contribution in [2.24, 2.45) is 0 Å². The van der Waals surface area contributed by atoms with Crippen molar-refractivity contribution in [1.82, 2.24) is 0 Å². The lowest BCUT2D eigenvalue weighted by Gasteiger charge is -2.03. The highest BCUT2D eigenvalue weighted by molar-refractivity contribution is 6.13. The van der Waals surface area contributed by atoms with Crippen molar-refractivity contribution in [3.8, 4) is 0 Å². The van der Waals surface area contributed by atoms with E-state index in [2.05, 4.69) is 14.2 Å². The van der Waals surface area contributed by atoms with E-state index in [1.807, 2.05) is 0 Å². The SMILES string of the molecule is CCOC(=O)/C(=C/OC)C(=O)OC. The number of methoxy groups -OCH3 is 2. The average Bonchev–Trinajstić information content (AvgIpc) is 2.13. The summed E-state index contributed by atoms with van der Waals surface area (Å²) in [5.41, 5.74) is -0.258. The van der Waals surface area contributed by atoms with Crippen LogP contribution in [-0.4, -0.2) is 32.8 Å². The van der Waals surface area contributed by atoms with Crippen LogP contribution in [0, 0.1) is 0 Å². The second kappa shape index (κ2) is 6.05. The molecule has 0 amide bonds. The highest BCUT2D eigenvalue weighted by Crippen LogP contribution is 2.01. The second-order valence-corrected chi connectivity index (χ2v) is 1.98. The molecule has 74 valence electrons. The molecule has 0 aromatic carbocycles. The molecule has 0 rings (SSSR count). The van der Waals surface area contributed by atoms with Gasteiger partial charge in [0.05, 0.1) is 20.8 Å². The summed E-state index contributed by atoms with van der Waals surface area (Å²) in [5, 5.41) is 0. The molecule has 0 heterocycles. The van der Waals surface area contributed by atoms with Gasteiger partial charge in [0.25, 0.3) is 0 Å². The minimum Gasteiger partial charge on any atom is -0.503 e. The third-order valence-corrected chi connectivity index (χ3v) is 1.14. The number of hydrogen-bond acceptors (Lipinski definition) is 5. The van der Waals surface area contributed by atoms with E-state index in [1.165, 1.54) is 14.2 Å². The molecule has 0 atom stereocenters. The average molecular weight is 188 g/mol. The van der Waals surface area contributed by atoms with Crippen molar-refractivity contribution in [3.05, 3.63) is 11.8 Å². The van der Waals surface area contributed by atoms with E-state index in [-0.39, 0.29) is 12.2 Å².